The van der Waals surface area contributed by atoms with E-state index in [1.54, 1.807) is 0 Å². The highest BCUT2D eigenvalue weighted by Crippen LogP contribution is 2.34. The summed E-state index contributed by atoms with van der Waals surface area (Å²) in [6.07, 6.45) is 1.23. The van der Waals surface area contributed by atoms with Crippen molar-refractivity contribution in [2.24, 2.45) is 7.05 Å². The topological polar surface area (TPSA) is 21.1 Å². The molecule has 102 valence electrons. The second-order valence-electron chi connectivity index (χ2n) is 5.49. The molecule has 1 aliphatic rings. The first-order chi connectivity index (χ1) is 8.44. The van der Waals surface area contributed by atoms with Gasteiger partial charge in [0.1, 0.15) is 5.82 Å². The lowest BCUT2D eigenvalue weighted by atomic mass is 10.1. The molecule has 5 heteroatoms. The van der Waals surface area contributed by atoms with E-state index in [-0.39, 0.29) is 0 Å². The van der Waals surface area contributed by atoms with Crippen LogP contribution >= 0.6 is 27.7 Å². The van der Waals surface area contributed by atoms with Gasteiger partial charge in [-0.2, -0.15) is 16.9 Å². The van der Waals surface area contributed by atoms with Crippen molar-refractivity contribution < 1.29 is 0 Å². The summed E-state index contributed by atoms with van der Waals surface area (Å²) in [5.41, 5.74) is 2.47. The normalized spacial score (nSPS) is 19.9. The first kappa shape index (κ1) is 14.3. The van der Waals surface area contributed by atoms with Crippen molar-refractivity contribution >= 4 is 33.5 Å². The van der Waals surface area contributed by atoms with Crippen molar-refractivity contribution in [3.05, 3.63) is 11.3 Å². The third-order valence-electron chi connectivity index (χ3n) is 3.58. The summed E-state index contributed by atoms with van der Waals surface area (Å²) in [6.45, 7) is 9.03. The highest BCUT2D eigenvalue weighted by atomic mass is 79.9. The van der Waals surface area contributed by atoms with E-state index < -0.39 is 0 Å². The Morgan fingerprint density at radius 1 is 1.39 bits per heavy atom. The first-order valence-electron chi connectivity index (χ1n) is 6.42. The molecule has 0 N–H and O–H groups in total. The van der Waals surface area contributed by atoms with Crippen LogP contribution in [-0.2, 0) is 12.4 Å². The number of anilines is 1. The van der Waals surface area contributed by atoms with Gasteiger partial charge < -0.3 is 4.90 Å². The minimum Gasteiger partial charge on any atom is -0.356 e. The summed E-state index contributed by atoms with van der Waals surface area (Å²) in [6, 6.07) is 0. The predicted octanol–water partition coefficient (Wildman–Crippen LogP) is 3.35. The molecule has 0 spiro atoms. The van der Waals surface area contributed by atoms with Crippen LogP contribution in [0.25, 0.3) is 0 Å². The highest BCUT2D eigenvalue weighted by Gasteiger charge is 2.26. The molecule has 18 heavy (non-hydrogen) atoms. The van der Waals surface area contributed by atoms with E-state index in [2.05, 4.69) is 65.5 Å². The third-order valence-corrected chi connectivity index (χ3v) is 5.52. The molecule has 0 amide bonds. The Kier molecular flexibility index (Phi) is 4.32. The third kappa shape index (κ3) is 2.87. The Morgan fingerprint density at radius 3 is 2.78 bits per heavy atom. The number of thioether (sulfide) groups is 1. The number of hydrogen-bond acceptors (Lipinski definition) is 3. The highest BCUT2D eigenvalue weighted by molar-refractivity contribution is 9.08. The van der Waals surface area contributed by atoms with Crippen LogP contribution in [0.5, 0.6) is 0 Å². The van der Waals surface area contributed by atoms with E-state index in [0.29, 0.717) is 4.75 Å². The summed E-state index contributed by atoms with van der Waals surface area (Å²) in [5.74, 6) is 2.49. The molecule has 2 rings (SSSR count). The predicted molar refractivity (Wildman–Crippen MR) is 83.9 cm³/mol. The molecule has 1 fully saturated rings. The van der Waals surface area contributed by atoms with E-state index in [1.165, 1.54) is 23.6 Å². The second-order valence-corrected chi connectivity index (χ2v) is 7.85. The van der Waals surface area contributed by atoms with Crippen molar-refractivity contribution in [2.75, 3.05) is 23.7 Å². The average molecular weight is 332 g/mol. The van der Waals surface area contributed by atoms with Crippen LogP contribution in [0.3, 0.4) is 0 Å². The fourth-order valence-corrected chi connectivity index (χ4v) is 4.23. The van der Waals surface area contributed by atoms with Gasteiger partial charge in [-0.15, -0.1) is 0 Å². The maximum atomic E-state index is 4.56. The van der Waals surface area contributed by atoms with Crippen molar-refractivity contribution in [3.8, 4) is 0 Å². The smallest absolute Gasteiger partial charge is 0.130 e. The molecule has 1 aliphatic heterocycles. The van der Waals surface area contributed by atoms with Gasteiger partial charge in [0, 0.05) is 41.5 Å². The molecule has 0 saturated carbocycles. The SMILES string of the molecule is Cc1nn(C)c(N2CCSC(C)(C)CC2)c1CBr. The molecule has 0 aromatic carbocycles. The van der Waals surface area contributed by atoms with Crippen molar-refractivity contribution in [3.63, 3.8) is 0 Å². The molecule has 0 unspecified atom stereocenters. The number of aryl methyl sites for hydroxylation is 2. The lowest BCUT2D eigenvalue weighted by molar-refractivity contribution is 0.622. The number of aromatic nitrogens is 2. The summed E-state index contributed by atoms with van der Waals surface area (Å²) in [5, 5.41) is 5.45. The van der Waals surface area contributed by atoms with Gasteiger partial charge in [-0.05, 0) is 13.3 Å². The fraction of sp³-hybridized carbons (Fsp3) is 0.769. The van der Waals surface area contributed by atoms with E-state index >= 15 is 0 Å². The van der Waals surface area contributed by atoms with E-state index in [4.69, 9.17) is 0 Å². The number of halogens is 1. The molecular formula is C13H22BrN3S. The van der Waals surface area contributed by atoms with Crippen LogP contribution < -0.4 is 4.90 Å². The monoisotopic (exact) mass is 331 g/mol. The van der Waals surface area contributed by atoms with Crippen LogP contribution in [0.15, 0.2) is 0 Å². The summed E-state index contributed by atoms with van der Waals surface area (Å²) in [7, 11) is 2.05. The molecule has 0 bridgehead atoms. The molecular weight excluding hydrogens is 310 g/mol. The zero-order valence-electron chi connectivity index (χ0n) is 11.7. The van der Waals surface area contributed by atoms with Crippen molar-refractivity contribution in [1.29, 1.82) is 0 Å². The number of nitrogens with zero attached hydrogens (tertiary/aromatic N) is 3. The van der Waals surface area contributed by atoms with Gasteiger partial charge in [-0.25, -0.2) is 0 Å². The molecule has 0 atom stereocenters. The van der Waals surface area contributed by atoms with Crippen LogP contribution in [0.4, 0.5) is 5.82 Å². The van der Waals surface area contributed by atoms with Crippen LogP contribution in [0, 0.1) is 6.92 Å². The van der Waals surface area contributed by atoms with Crippen LogP contribution in [-0.4, -0.2) is 33.4 Å². The van der Waals surface area contributed by atoms with Gasteiger partial charge in [-0.1, -0.05) is 29.8 Å². The van der Waals surface area contributed by atoms with Gasteiger partial charge in [-0.3, -0.25) is 4.68 Å². The van der Waals surface area contributed by atoms with Crippen molar-refractivity contribution in [1.82, 2.24) is 9.78 Å². The molecule has 1 aromatic heterocycles. The Bertz CT molecular complexity index is 428. The average Bonchev–Trinajstić information content (AvgIpc) is 2.45. The largest absolute Gasteiger partial charge is 0.356 e. The van der Waals surface area contributed by atoms with Gasteiger partial charge in [0.05, 0.1) is 5.69 Å². The zero-order valence-corrected chi connectivity index (χ0v) is 14.1. The molecule has 1 aromatic rings. The number of rotatable bonds is 2. The van der Waals surface area contributed by atoms with E-state index in [0.717, 1.165) is 24.1 Å². The zero-order chi connectivity index (χ0) is 13.3. The van der Waals surface area contributed by atoms with Gasteiger partial charge in [0.2, 0.25) is 0 Å². The van der Waals surface area contributed by atoms with E-state index in [9.17, 15) is 0 Å². The quantitative estimate of drug-likeness (QED) is 0.775. The summed E-state index contributed by atoms with van der Waals surface area (Å²) in [4.78, 5) is 2.50. The maximum absolute atomic E-state index is 4.56. The first-order valence-corrected chi connectivity index (χ1v) is 8.52. The standard InChI is InChI=1S/C13H22BrN3S/c1-10-11(9-14)12(16(4)15-10)17-6-5-13(2,3)18-8-7-17/h5-9H2,1-4H3. The summed E-state index contributed by atoms with van der Waals surface area (Å²) < 4.78 is 2.44. The fourth-order valence-electron chi connectivity index (χ4n) is 2.47. The maximum Gasteiger partial charge on any atom is 0.130 e. The molecule has 2 heterocycles. The Hall–Kier alpha value is -0.160. The van der Waals surface area contributed by atoms with Gasteiger partial charge in [0.15, 0.2) is 0 Å². The Balaban J connectivity index is 2.26. The Labute approximate surface area is 122 Å². The van der Waals surface area contributed by atoms with Gasteiger partial charge in [0.25, 0.3) is 0 Å². The molecule has 1 saturated heterocycles. The summed E-state index contributed by atoms with van der Waals surface area (Å²) >= 11 is 5.68. The minimum atomic E-state index is 0.400. The van der Waals surface area contributed by atoms with Crippen molar-refractivity contribution in [2.45, 2.75) is 37.3 Å². The van der Waals surface area contributed by atoms with Crippen LogP contribution in [0.1, 0.15) is 31.5 Å². The molecule has 0 radical (unpaired) electrons. The van der Waals surface area contributed by atoms with E-state index in [1.807, 2.05) is 4.68 Å². The van der Waals surface area contributed by atoms with Gasteiger partial charge >= 0.3 is 0 Å². The second kappa shape index (κ2) is 5.45. The number of alkyl halides is 1. The van der Waals surface area contributed by atoms with Crippen LogP contribution in [0.2, 0.25) is 0 Å². The lowest BCUT2D eigenvalue weighted by Gasteiger charge is -2.25. The molecule has 3 nitrogen and oxygen atoms in total. The lowest BCUT2D eigenvalue weighted by Crippen LogP contribution is -2.29. The minimum absolute atomic E-state index is 0.400. The Morgan fingerprint density at radius 2 is 2.11 bits per heavy atom. The molecule has 0 aliphatic carbocycles. The number of hydrogen-bond donors (Lipinski definition) is 0.